The van der Waals surface area contributed by atoms with E-state index in [2.05, 4.69) is 29.6 Å². The van der Waals surface area contributed by atoms with Crippen molar-refractivity contribution in [3.8, 4) is 0 Å². The van der Waals surface area contributed by atoms with Crippen LogP contribution in [0.1, 0.15) is 38.5 Å². The zero-order chi connectivity index (χ0) is 12.1. The Bertz CT molecular complexity index is 214. The Morgan fingerprint density at radius 3 is 2.82 bits per heavy atom. The van der Waals surface area contributed by atoms with Gasteiger partial charge in [0, 0.05) is 18.6 Å². The summed E-state index contributed by atoms with van der Waals surface area (Å²) in [6.45, 7) is 3.79. The second kappa shape index (κ2) is 6.72. The third kappa shape index (κ3) is 3.94. The molecule has 17 heavy (non-hydrogen) atoms. The molecule has 0 aliphatic carbocycles. The summed E-state index contributed by atoms with van der Waals surface area (Å²) >= 11 is 0. The number of hydrogen-bond donors (Lipinski definition) is 2. The summed E-state index contributed by atoms with van der Waals surface area (Å²) in [5.41, 5.74) is 0. The van der Waals surface area contributed by atoms with E-state index in [1.165, 1.54) is 58.2 Å². The lowest BCUT2D eigenvalue weighted by Crippen LogP contribution is -2.47. The van der Waals surface area contributed by atoms with Gasteiger partial charge in [-0.25, -0.2) is 0 Å². The van der Waals surface area contributed by atoms with Crippen LogP contribution >= 0.6 is 0 Å². The minimum Gasteiger partial charge on any atom is -0.317 e. The van der Waals surface area contributed by atoms with Crippen LogP contribution < -0.4 is 10.6 Å². The standard InChI is InChI=1S/C14H29N3/c1-15-14(10-13-7-3-4-8-16-13)12-6-5-9-17(2)11-12/h12-16H,3-11H2,1-2H3. The van der Waals surface area contributed by atoms with Gasteiger partial charge in [-0.1, -0.05) is 6.42 Å². The number of likely N-dealkylation sites (tertiary alicyclic amines) is 1. The van der Waals surface area contributed by atoms with Crippen molar-refractivity contribution in [2.45, 2.75) is 50.6 Å². The first-order chi connectivity index (χ1) is 8.29. The van der Waals surface area contributed by atoms with Crippen LogP contribution in [0.15, 0.2) is 0 Å². The van der Waals surface area contributed by atoms with Gasteiger partial charge in [0.25, 0.3) is 0 Å². The number of hydrogen-bond acceptors (Lipinski definition) is 3. The molecule has 100 valence electrons. The lowest BCUT2D eigenvalue weighted by molar-refractivity contribution is 0.163. The fraction of sp³-hybridized carbons (Fsp3) is 1.00. The first-order valence-corrected chi connectivity index (χ1v) is 7.39. The largest absolute Gasteiger partial charge is 0.317 e. The molecule has 0 saturated carbocycles. The SMILES string of the molecule is CNC(CC1CCCCN1)C1CCCN(C)C1. The highest BCUT2D eigenvalue weighted by Gasteiger charge is 2.27. The molecule has 2 saturated heterocycles. The molecule has 3 heteroatoms. The van der Waals surface area contributed by atoms with Gasteiger partial charge in [-0.3, -0.25) is 0 Å². The highest BCUT2D eigenvalue weighted by molar-refractivity contribution is 4.86. The first kappa shape index (κ1) is 13.3. The van der Waals surface area contributed by atoms with Crippen molar-refractivity contribution in [2.24, 2.45) is 5.92 Å². The van der Waals surface area contributed by atoms with Gasteiger partial charge in [-0.15, -0.1) is 0 Å². The van der Waals surface area contributed by atoms with E-state index in [9.17, 15) is 0 Å². The topological polar surface area (TPSA) is 27.3 Å². The van der Waals surface area contributed by atoms with Crippen molar-refractivity contribution in [3.63, 3.8) is 0 Å². The molecule has 0 aromatic heterocycles. The molecule has 0 aromatic carbocycles. The van der Waals surface area contributed by atoms with Crippen molar-refractivity contribution in [1.29, 1.82) is 0 Å². The van der Waals surface area contributed by atoms with Crippen LogP contribution in [0.25, 0.3) is 0 Å². The summed E-state index contributed by atoms with van der Waals surface area (Å²) in [4.78, 5) is 2.49. The fourth-order valence-corrected chi connectivity index (χ4v) is 3.51. The van der Waals surface area contributed by atoms with Gasteiger partial charge in [0.05, 0.1) is 0 Å². The van der Waals surface area contributed by atoms with E-state index in [4.69, 9.17) is 0 Å². The first-order valence-electron chi connectivity index (χ1n) is 7.39. The third-order valence-corrected chi connectivity index (χ3v) is 4.55. The molecule has 2 N–H and O–H groups in total. The number of nitrogens with zero attached hydrogens (tertiary/aromatic N) is 1. The normalized spacial score (nSPS) is 33.5. The third-order valence-electron chi connectivity index (χ3n) is 4.55. The van der Waals surface area contributed by atoms with Crippen LogP contribution in [0.3, 0.4) is 0 Å². The Balaban J connectivity index is 1.82. The Hall–Kier alpha value is -0.120. The quantitative estimate of drug-likeness (QED) is 0.777. The van der Waals surface area contributed by atoms with Crippen molar-refractivity contribution >= 4 is 0 Å². The van der Waals surface area contributed by atoms with Crippen molar-refractivity contribution in [2.75, 3.05) is 33.7 Å². The fourth-order valence-electron chi connectivity index (χ4n) is 3.51. The number of piperidine rings is 2. The molecule has 0 amide bonds. The second-order valence-electron chi connectivity index (χ2n) is 5.94. The van der Waals surface area contributed by atoms with Crippen LogP contribution in [0.2, 0.25) is 0 Å². The lowest BCUT2D eigenvalue weighted by Gasteiger charge is -2.37. The summed E-state index contributed by atoms with van der Waals surface area (Å²) < 4.78 is 0. The molecule has 3 atom stereocenters. The predicted molar refractivity (Wildman–Crippen MR) is 73.3 cm³/mol. The second-order valence-corrected chi connectivity index (χ2v) is 5.94. The van der Waals surface area contributed by atoms with Crippen molar-refractivity contribution in [3.05, 3.63) is 0 Å². The molecule has 2 aliphatic rings. The number of rotatable bonds is 4. The van der Waals surface area contributed by atoms with Gasteiger partial charge in [0.1, 0.15) is 0 Å². The monoisotopic (exact) mass is 239 g/mol. The highest BCUT2D eigenvalue weighted by Crippen LogP contribution is 2.23. The van der Waals surface area contributed by atoms with Gasteiger partial charge in [0.15, 0.2) is 0 Å². The Kier molecular flexibility index (Phi) is 5.26. The average molecular weight is 239 g/mol. The highest BCUT2D eigenvalue weighted by atomic mass is 15.1. The molecule has 3 nitrogen and oxygen atoms in total. The molecule has 0 radical (unpaired) electrons. The van der Waals surface area contributed by atoms with E-state index in [0.717, 1.165) is 12.0 Å². The van der Waals surface area contributed by atoms with Gasteiger partial charge in [0.2, 0.25) is 0 Å². The molecule has 0 bridgehead atoms. The maximum absolute atomic E-state index is 3.68. The Labute approximate surface area is 106 Å². The summed E-state index contributed by atoms with van der Waals surface area (Å²) in [6, 6.07) is 1.46. The molecular formula is C14H29N3. The van der Waals surface area contributed by atoms with Crippen LogP contribution in [0, 0.1) is 5.92 Å². The maximum atomic E-state index is 3.68. The summed E-state index contributed by atoms with van der Waals surface area (Å²) in [6.07, 6.45) is 8.25. The molecule has 0 aromatic rings. The maximum Gasteiger partial charge on any atom is 0.0119 e. The van der Waals surface area contributed by atoms with Gasteiger partial charge in [-0.2, -0.15) is 0 Å². The minimum absolute atomic E-state index is 0.702. The smallest absolute Gasteiger partial charge is 0.0119 e. The molecule has 0 spiro atoms. The molecule has 2 heterocycles. The van der Waals surface area contributed by atoms with Gasteiger partial charge >= 0.3 is 0 Å². The van der Waals surface area contributed by atoms with E-state index in [-0.39, 0.29) is 0 Å². The Morgan fingerprint density at radius 2 is 2.18 bits per heavy atom. The van der Waals surface area contributed by atoms with E-state index in [1.807, 2.05) is 0 Å². The minimum atomic E-state index is 0.702. The molecule has 2 rings (SSSR count). The molecule has 3 unspecified atom stereocenters. The summed E-state index contributed by atoms with van der Waals surface area (Å²) in [5.74, 6) is 0.850. The summed E-state index contributed by atoms with van der Waals surface area (Å²) in [5, 5.41) is 7.25. The van der Waals surface area contributed by atoms with Crippen LogP contribution in [0.4, 0.5) is 0 Å². The van der Waals surface area contributed by atoms with Gasteiger partial charge in [-0.05, 0) is 65.2 Å². The van der Waals surface area contributed by atoms with Crippen LogP contribution in [-0.4, -0.2) is 50.7 Å². The van der Waals surface area contributed by atoms with Crippen LogP contribution in [-0.2, 0) is 0 Å². The van der Waals surface area contributed by atoms with Crippen LogP contribution in [0.5, 0.6) is 0 Å². The Morgan fingerprint density at radius 1 is 1.29 bits per heavy atom. The van der Waals surface area contributed by atoms with Crippen molar-refractivity contribution in [1.82, 2.24) is 15.5 Å². The van der Waals surface area contributed by atoms with E-state index in [0.29, 0.717) is 6.04 Å². The van der Waals surface area contributed by atoms with E-state index in [1.54, 1.807) is 0 Å². The van der Waals surface area contributed by atoms with Gasteiger partial charge < -0.3 is 15.5 Å². The van der Waals surface area contributed by atoms with E-state index < -0.39 is 0 Å². The molecular weight excluding hydrogens is 210 g/mol. The summed E-state index contributed by atoms with van der Waals surface area (Å²) in [7, 11) is 4.40. The molecule has 2 fully saturated rings. The zero-order valence-electron chi connectivity index (χ0n) is 11.5. The lowest BCUT2D eigenvalue weighted by atomic mass is 9.85. The zero-order valence-corrected chi connectivity index (χ0v) is 11.5. The van der Waals surface area contributed by atoms with E-state index >= 15 is 0 Å². The van der Waals surface area contributed by atoms with Crippen molar-refractivity contribution < 1.29 is 0 Å². The molecule has 2 aliphatic heterocycles. The average Bonchev–Trinajstić information content (AvgIpc) is 2.37. The predicted octanol–water partition coefficient (Wildman–Crippen LogP) is 1.45. The number of nitrogens with one attached hydrogen (secondary N) is 2.